The highest BCUT2D eigenvalue weighted by Gasteiger charge is 2.22. The Morgan fingerprint density at radius 2 is 2.17 bits per heavy atom. The number of amides is 1. The van der Waals surface area contributed by atoms with Gasteiger partial charge in [0.1, 0.15) is 11.3 Å². The van der Waals surface area contributed by atoms with E-state index in [1.807, 2.05) is 4.40 Å². The molecule has 2 heterocycles. The molecule has 5 rings (SSSR count). The largest absolute Gasteiger partial charge is 0.382 e. The molecule has 1 aliphatic carbocycles. The maximum absolute atomic E-state index is 12.9. The lowest BCUT2D eigenvalue weighted by Gasteiger charge is -2.14. The van der Waals surface area contributed by atoms with Crippen molar-refractivity contribution in [3.8, 4) is 0 Å². The van der Waals surface area contributed by atoms with Gasteiger partial charge in [-0.1, -0.05) is 35.4 Å². The van der Waals surface area contributed by atoms with Crippen molar-refractivity contribution in [2.75, 3.05) is 12.3 Å². The summed E-state index contributed by atoms with van der Waals surface area (Å²) >= 11 is 6.40. The van der Waals surface area contributed by atoms with E-state index < -0.39 is 0 Å². The smallest absolute Gasteiger partial charge is 0.252 e. The molecule has 1 amide bonds. The molecule has 0 unspecified atom stereocenters. The van der Waals surface area contributed by atoms with E-state index in [0.717, 1.165) is 24.8 Å². The average molecular weight is 420 g/mol. The Morgan fingerprint density at radius 1 is 1.30 bits per heavy atom. The van der Waals surface area contributed by atoms with Gasteiger partial charge in [0.05, 0.1) is 34.1 Å². The summed E-state index contributed by atoms with van der Waals surface area (Å²) in [6.07, 6.45) is 6.47. The van der Waals surface area contributed by atoms with Crippen molar-refractivity contribution < 1.29 is 4.79 Å². The number of benzene rings is 2. The number of aromatic nitrogens is 3. The highest BCUT2D eigenvalue weighted by Crippen LogP contribution is 2.35. The summed E-state index contributed by atoms with van der Waals surface area (Å²) < 4.78 is 1.82. The molecule has 30 heavy (non-hydrogen) atoms. The van der Waals surface area contributed by atoms with Gasteiger partial charge in [-0.3, -0.25) is 9.20 Å². The van der Waals surface area contributed by atoms with Crippen molar-refractivity contribution in [2.45, 2.75) is 32.1 Å². The molecule has 4 aromatic rings. The van der Waals surface area contributed by atoms with Crippen LogP contribution in [0.2, 0.25) is 5.02 Å². The fourth-order valence-electron chi connectivity index (χ4n) is 4.43. The van der Waals surface area contributed by atoms with Crippen LogP contribution in [0, 0.1) is 6.92 Å². The summed E-state index contributed by atoms with van der Waals surface area (Å²) in [7, 11) is 0. The van der Waals surface area contributed by atoms with E-state index in [1.54, 1.807) is 24.7 Å². The zero-order valence-electron chi connectivity index (χ0n) is 16.7. The summed E-state index contributed by atoms with van der Waals surface area (Å²) in [5.74, 6) is 0.680. The first-order valence-electron chi connectivity index (χ1n) is 10.1. The third-order valence-electron chi connectivity index (χ3n) is 5.99. The summed E-state index contributed by atoms with van der Waals surface area (Å²) in [4.78, 5) is 21.4. The van der Waals surface area contributed by atoms with E-state index in [-0.39, 0.29) is 5.91 Å². The number of nitrogen functional groups attached to an aromatic ring is 1. The molecule has 2 aromatic carbocycles. The Labute approximate surface area is 179 Å². The van der Waals surface area contributed by atoms with Crippen LogP contribution in [-0.2, 0) is 6.42 Å². The van der Waals surface area contributed by atoms with Crippen molar-refractivity contribution in [1.82, 2.24) is 19.7 Å². The third kappa shape index (κ3) is 3.17. The number of nitrogens with one attached hydrogen (secondary N) is 1. The van der Waals surface area contributed by atoms with Gasteiger partial charge < -0.3 is 11.1 Å². The molecule has 2 aromatic heterocycles. The van der Waals surface area contributed by atoms with Crippen LogP contribution in [0.15, 0.2) is 42.9 Å². The second-order valence-electron chi connectivity index (χ2n) is 7.95. The molecule has 0 radical (unpaired) electrons. The molecule has 152 valence electrons. The fraction of sp³-hybridized carbons (Fsp3) is 0.261. The molecular weight excluding hydrogens is 398 g/mol. The zero-order chi connectivity index (χ0) is 20.8. The normalized spacial score (nSPS) is 15.6. The van der Waals surface area contributed by atoms with Gasteiger partial charge >= 0.3 is 0 Å². The molecule has 3 N–H and O–H groups in total. The van der Waals surface area contributed by atoms with Gasteiger partial charge in [-0.25, -0.2) is 9.97 Å². The van der Waals surface area contributed by atoms with Crippen LogP contribution >= 0.6 is 11.6 Å². The standard InChI is InChI=1S/C23H22ClN5O/c1-13-2-3-14-4-5-15(16(14)8-13)6-7-27-23(30)17-9-20-19(10-18(17)24)28-22(25)21-11-26-12-29(20)21/h2-3,8-12,15H,4-7H2,1H3,(H2,25,28)(H,27,30)/t15-/m1/s1. The highest BCUT2D eigenvalue weighted by atomic mass is 35.5. The minimum absolute atomic E-state index is 0.186. The van der Waals surface area contributed by atoms with E-state index >= 15 is 0 Å². The van der Waals surface area contributed by atoms with Gasteiger partial charge in [0, 0.05) is 6.54 Å². The van der Waals surface area contributed by atoms with Crippen LogP contribution in [0.4, 0.5) is 5.82 Å². The maximum atomic E-state index is 12.9. The molecule has 0 spiro atoms. The predicted molar refractivity (Wildman–Crippen MR) is 119 cm³/mol. The van der Waals surface area contributed by atoms with E-state index in [2.05, 4.69) is 40.4 Å². The summed E-state index contributed by atoms with van der Waals surface area (Å²) in [5, 5.41) is 3.39. The number of nitrogens with zero attached hydrogens (tertiary/aromatic N) is 3. The number of nitrogens with two attached hydrogens (primary N) is 1. The molecular formula is C23H22ClN5O. The van der Waals surface area contributed by atoms with Crippen LogP contribution in [0.25, 0.3) is 16.6 Å². The van der Waals surface area contributed by atoms with Gasteiger partial charge in [0.25, 0.3) is 5.91 Å². The lowest BCUT2D eigenvalue weighted by atomic mass is 9.96. The molecule has 0 saturated heterocycles. The van der Waals surface area contributed by atoms with Gasteiger partial charge in [-0.05, 0) is 55.4 Å². The van der Waals surface area contributed by atoms with Crippen molar-refractivity contribution in [1.29, 1.82) is 0 Å². The number of fused-ring (bicyclic) bond motifs is 4. The number of anilines is 1. The summed E-state index contributed by atoms with van der Waals surface area (Å²) in [6.45, 7) is 2.73. The highest BCUT2D eigenvalue weighted by molar-refractivity contribution is 6.34. The Balaban J connectivity index is 1.35. The van der Waals surface area contributed by atoms with E-state index in [0.29, 0.717) is 39.9 Å². The van der Waals surface area contributed by atoms with Crippen LogP contribution in [0.1, 0.15) is 45.8 Å². The number of aryl methyl sites for hydroxylation is 2. The summed E-state index contributed by atoms with van der Waals surface area (Å²) in [6, 6.07) is 10.1. The molecule has 0 fully saturated rings. The fourth-order valence-corrected chi connectivity index (χ4v) is 4.68. The minimum atomic E-state index is -0.186. The third-order valence-corrected chi connectivity index (χ3v) is 6.30. The SMILES string of the molecule is Cc1ccc2c(c1)[C@@H](CCNC(=O)c1cc3c(cc1Cl)nc(N)c1cncn13)CC2. The molecule has 0 bridgehead atoms. The Hall–Kier alpha value is -3.12. The molecule has 1 atom stereocenters. The summed E-state index contributed by atoms with van der Waals surface area (Å²) in [5.41, 5.74) is 12.6. The average Bonchev–Trinajstić information content (AvgIpc) is 3.35. The van der Waals surface area contributed by atoms with Gasteiger partial charge in [0.2, 0.25) is 0 Å². The lowest BCUT2D eigenvalue weighted by Crippen LogP contribution is -2.25. The van der Waals surface area contributed by atoms with E-state index in [1.165, 1.54) is 16.7 Å². The number of carbonyl (C=O) groups excluding carboxylic acids is 1. The molecule has 0 saturated carbocycles. The monoisotopic (exact) mass is 419 g/mol. The van der Waals surface area contributed by atoms with Crippen LogP contribution < -0.4 is 11.1 Å². The first kappa shape index (κ1) is 18.9. The van der Waals surface area contributed by atoms with Crippen molar-refractivity contribution in [3.63, 3.8) is 0 Å². The van der Waals surface area contributed by atoms with Crippen molar-refractivity contribution >= 4 is 39.9 Å². The number of hydrogen-bond acceptors (Lipinski definition) is 4. The van der Waals surface area contributed by atoms with Gasteiger partial charge in [-0.2, -0.15) is 0 Å². The number of rotatable bonds is 4. The van der Waals surface area contributed by atoms with Crippen LogP contribution in [0.3, 0.4) is 0 Å². The lowest BCUT2D eigenvalue weighted by molar-refractivity contribution is 0.0952. The van der Waals surface area contributed by atoms with Crippen molar-refractivity contribution in [2.24, 2.45) is 0 Å². The predicted octanol–water partition coefficient (Wildman–Crippen LogP) is 4.28. The number of carbonyl (C=O) groups is 1. The molecule has 0 aliphatic heterocycles. The number of hydrogen-bond donors (Lipinski definition) is 2. The first-order chi connectivity index (χ1) is 14.5. The van der Waals surface area contributed by atoms with Crippen LogP contribution in [0.5, 0.6) is 0 Å². The van der Waals surface area contributed by atoms with E-state index in [4.69, 9.17) is 17.3 Å². The molecule has 1 aliphatic rings. The second kappa shape index (κ2) is 7.29. The van der Waals surface area contributed by atoms with E-state index in [9.17, 15) is 4.79 Å². The van der Waals surface area contributed by atoms with Gasteiger partial charge in [-0.15, -0.1) is 0 Å². The number of halogens is 1. The maximum Gasteiger partial charge on any atom is 0.252 e. The molecule has 6 nitrogen and oxygen atoms in total. The zero-order valence-corrected chi connectivity index (χ0v) is 17.4. The Kier molecular flexibility index (Phi) is 4.59. The minimum Gasteiger partial charge on any atom is -0.382 e. The Morgan fingerprint density at radius 3 is 3.03 bits per heavy atom. The van der Waals surface area contributed by atoms with Crippen molar-refractivity contribution in [3.05, 3.63) is 70.1 Å². The molecule has 7 heteroatoms. The van der Waals surface area contributed by atoms with Gasteiger partial charge in [0.15, 0.2) is 0 Å². The Bertz CT molecular complexity index is 1300. The number of imidazole rings is 1. The topological polar surface area (TPSA) is 85.3 Å². The van der Waals surface area contributed by atoms with Crippen LogP contribution in [-0.4, -0.2) is 26.8 Å². The quantitative estimate of drug-likeness (QED) is 0.517. The second-order valence-corrected chi connectivity index (χ2v) is 8.36. The first-order valence-corrected chi connectivity index (χ1v) is 10.5.